The first-order chi connectivity index (χ1) is 10.7. The minimum atomic E-state index is -1.04. The number of aryl methyl sites for hydroxylation is 1. The standard InChI is InChI=1S/C16H21N3O3/c20-15(14-10-17-8-9-19(14)16(21)22)18-13-7-3-5-11-4-1-2-6-12(11)13/h1-2,4,6,13-14,17H,3,5,7-10H2,(H,18,20)(H,21,22)/t13-,14?/m1/s1. The largest absolute Gasteiger partial charge is 0.465 e. The molecule has 1 fully saturated rings. The molecule has 0 radical (unpaired) electrons. The first-order valence-electron chi connectivity index (χ1n) is 7.75. The van der Waals surface area contributed by atoms with Gasteiger partial charge in [0.25, 0.3) is 0 Å². The number of hydrogen-bond acceptors (Lipinski definition) is 3. The molecule has 1 heterocycles. The monoisotopic (exact) mass is 303 g/mol. The number of carbonyl (C=O) groups is 2. The normalized spacial score (nSPS) is 24.5. The number of nitrogens with one attached hydrogen (secondary N) is 2. The van der Waals surface area contributed by atoms with Crippen LogP contribution in [0.3, 0.4) is 0 Å². The van der Waals surface area contributed by atoms with Crippen molar-refractivity contribution in [3.8, 4) is 0 Å². The van der Waals surface area contributed by atoms with Crippen molar-refractivity contribution < 1.29 is 14.7 Å². The summed E-state index contributed by atoms with van der Waals surface area (Å²) in [4.78, 5) is 25.0. The van der Waals surface area contributed by atoms with E-state index < -0.39 is 12.1 Å². The van der Waals surface area contributed by atoms with Gasteiger partial charge in [0.05, 0.1) is 6.04 Å². The maximum Gasteiger partial charge on any atom is 0.408 e. The van der Waals surface area contributed by atoms with E-state index >= 15 is 0 Å². The van der Waals surface area contributed by atoms with E-state index in [2.05, 4.69) is 16.7 Å². The lowest BCUT2D eigenvalue weighted by atomic mass is 9.87. The molecule has 1 aliphatic carbocycles. The van der Waals surface area contributed by atoms with Crippen LogP contribution in [-0.2, 0) is 11.2 Å². The SMILES string of the molecule is O=C(N[C@@H]1CCCc2ccccc21)C1CNCCN1C(=O)O. The van der Waals surface area contributed by atoms with Crippen LogP contribution in [0, 0.1) is 0 Å². The summed E-state index contributed by atoms with van der Waals surface area (Å²) in [7, 11) is 0. The maximum absolute atomic E-state index is 12.5. The molecule has 3 N–H and O–H groups in total. The smallest absolute Gasteiger partial charge is 0.408 e. The Balaban J connectivity index is 1.73. The predicted octanol–water partition coefficient (Wildman–Crippen LogP) is 1.13. The topological polar surface area (TPSA) is 81.7 Å². The van der Waals surface area contributed by atoms with Gasteiger partial charge in [0.15, 0.2) is 0 Å². The van der Waals surface area contributed by atoms with E-state index in [4.69, 9.17) is 0 Å². The van der Waals surface area contributed by atoms with Crippen LogP contribution in [0.5, 0.6) is 0 Å². The number of carboxylic acid groups (broad SMARTS) is 1. The molecule has 3 rings (SSSR count). The quantitative estimate of drug-likeness (QED) is 0.765. The number of rotatable bonds is 2. The van der Waals surface area contributed by atoms with Gasteiger partial charge in [-0.25, -0.2) is 4.79 Å². The molecule has 1 aromatic carbocycles. The Hall–Kier alpha value is -2.08. The third-order valence-electron chi connectivity index (χ3n) is 4.48. The molecule has 6 heteroatoms. The fourth-order valence-corrected chi connectivity index (χ4v) is 3.34. The summed E-state index contributed by atoms with van der Waals surface area (Å²) in [5.41, 5.74) is 2.43. The molecule has 0 saturated carbocycles. The van der Waals surface area contributed by atoms with Gasteiger partial charge in [0.2, 0.25) is 5.91 Å². The lowest BCUT2D eigenvalue weighted by Crippen LogP contribution is -2.59. The number of carbonyl (C=O) groups excluding carboxylic acids is 1. The minimum absolute atomic E-state index is 0.0185. The van der Waals surface area contributed by atoms with Crippen molar-refractivity contribution in [3.05, 3.63) is 35.4 Å². The highest BCUT2D eigenvalue weighted by Gasteiger charge is 2.33. The van der Waals surface area contributed by atoms with Crippen molar-refractivity contribution in [2.75, 3.05) is 19.6 Å². The molecule has 0 aromatic heterocycles. The molecular formula is C16H21N3O3. The number of amides is 2. The van der Waals surface area contributed by atoms with E-state index in [-0.39, 0.29) is 11.9 Å². The van der Waals surface area contributed by atoms with Crippen LogP contribution in [0.2, 0.25) is 0 Å². The first kappa shape index (κ1) is 14.8. The van der Waals surface area contributed by atoms with Gasteiger partial charge in [-0.15, -0.1) is 0 Å². The van der Waals surface area contributed by atoms with Gasteiger partial charge in [-0.3, -0.25) is 9.69 Å². The fraction of sp³-hybridized carbons (Fsp3) is 0.500. The maximum atomic E-state index is 12.5. The molecule has 118 valence electrons. The summed E-state index contributed by atoms with van der Waals surface area (Å²) in [6, 6.07) is 7.47. The fourth-order valence-electron chi connectivity index (χ4n) is 3.34. The zero-order chi connectivity index (χ0) is 15.5. The molecule has 0 spiro atoms. The van der Waals surface area contributed by atoms with Crippen LogP contribution >= 0.6 is 0 Å². The van der Waals surface area contributed by atoms with Crippen molar-refractivity contribution in [2.45, 2.75) is 31.3 Å². The zero-order valence-electron chi connectivity index (χ0n) is 12.4. The summed E-state index contributed by atoms with van der Waals surface area (Å²) in [5.74, 6) is -0.212. The summed E-state index contributed by atoms with van der Waals surface area (Å²) in [6.45, 7) is 1.30. The zero-order valence-corrected chi connectivity index (χ0v) is 12.4. The molecule has 2 aliphatic rings. The van der Waals surface area contributed by atoms with Crippen LogP contribution in [0.4, 0.5) is 4.79 Å². The molecule has 0 bridgehead atoms. The molecule has 1 saturated heterocycles. The number of fused-ring (bicyclic) bond motifs is 1. The second-order valence-electron chi connectivity index (χ2n) is 5.85. The van der Waals surface area contributed by atoms with Gasteiger partial charge in [-0.05, 0) is 30.4 Å². The molecule has 1 unspecified atom stereocenters. The summed E-state index contributed by atoms with van der Waals surface area (Å²) >= 11 is 0. The number of hydrogen-bond donors (Lipinski definition) is 3. The van der Waals surface area contributed by atoms with Crippen molar-refractivity contribution in [1.29, 1.82) is 0 Å². The van der Waals surface area contributed by atoms with E-state index in [0.717, 1.165) is 24.8 Å². The van der Waals surface area contributed by atoms with E-state index in [1.54, 1.807) is 0 Å². The van der Waals surface area contributed by atoms with E-state index in [0.29, 0.717) is 19.6 Å². The van der Waals surface area contributed by atoms with Crippen LogP contribution in [-0.4, -0.2) is 47.7 Å². The predicted molar refractivity (Wildman–Crippen MR) is 81.7 cm³/mol. The Morgan fingerprint density at radius 2 is 2.14 bits per heavy atom. The molecule has 6 nitrogen and oxygen atoms in total. The molecule has 1 aliphatic heterocycles. The molecular weight excluding hydrogens is 282 g/mol. The number of nitrogens with zero attached hydrogens (tertiary/aromatic N) is 1. The Morgan fingerprint density at radius 1 is 1.32 bits per heavy atom. The van der Waals surface area contributed by atoms with E-state index in [1.807, 2.05) is 18.2 Å². The third kappa shape index (κ3) is 2.92. The average molecular weight is 303 g/mol. The van der Waals surface area contributed by atoms with Gasteiger partial charge < -0.3 is 15.7 Å². The number of benzene rings is 1. The third-order valence-corrected chi connectivity index (χ3v) is 4.48. The highest BCUT2D eigenvalue weighted by Crippen LogP contribution is 2.29. The lowest BCUT2D eigenvalue weighted by Gasteiger charge is -2.35. The van der Waals surface area contributed by atoms with Gasteiger partial charge in [-0.1, -0.05) is 24.3 Å². The van der Waals surface area contributed by atoms with Crippen molar-refractivity contribution in [3.63, 3.8) is 0 Å². The highest BCUT2D eigenvalue weighted by atomic mass is 16.4. The Labute approximate surface area is 129 Å². The Kier molecular flexibility index (Phi) is 4.29. The van der Waals surface area contributed by atoms with Gasteiger partial charge in [0.1, 0.15) is 6.04 Å². The Morgan fingerprint density at radius 3 is 2.95 bits per heavy atom. The second-order valence-corrected chi connectivity index (χ2v) is 5.85. The van der Waals surface area contributed by atoms with Gasteiger partial charge in [0, 0.05) is 19.6 Å². The Bertz CT molecular complexity index is 576. The highest BCUT2D eigenvalue weighted by molar-refractivity contribution is 5.86. The molecule has 2 atom stereocenters. The summed E-state index contributed by atoms with van der Waals surface area (Å²) < 4.78 is 0. The summed E-state index contributed by atoms with van der Waals surface area (Å²) in [6.07, 6.45) is 1.93. The van der Waals surface area contributed by atoms with Crippen molar-refractivity contribution in [1.82, 2.24) is 15.5 Å². The summed E-state index contributed by atoms with van der Waals surface area (Å²) in [5, 5.41) is 15.4. The second kappa shape index (κ2) is 6.36. The van der Waals surface area contributed by atoms with E-state index in [1.165, 1.54) is 10.5 Å². The van der Waals surface area contributed by atoms with Crippen LogP contribution in [0.1, 0.15) is 30.0 Å². The van der Waals surface area contributed by atoms with Crippen molar-refractivity contribution in [2.24, 2.45) is 0 Å². The minimum Gasteiger partial charge on any atom is -0.465 e. The lowest BCUT2D eigenvalue weighted by molar-refractivity contribution is -0.127. The first-order valence-corrected chi connectivity index (χ1v) is 7.75. The van der Waals surface area contributed by atoms with Crippen LogP contribution in [0.15, 0.2) is 24.3 Å². The molecule has 22 heavy (non-hydrogen) atoms. The molecule has 1 aromatic rings. The number of piperazine rings is 1. The van der Waals surface area contributed by atoms with Gasteiger partial charge >= 0.3 is 6.09 Å². The van der Waals surface area contributed by atoms with E-state index in [9.17, 15) is 14.7 Å². The van der Waals surface area contributed by atoms with Gasteiger partial charge in [-0.2, -0.15) is 0 Å². The van der Waals surface area contributed by atoms with Crippen LogP contribution < -0.4 is 10.6 Å². The van der Waals surface area contributed by atoms with Crippen molar-refractivity contribution >= 4 is 12.0 Å². The van der Waals surface area contributed by atoms with Crippen LogP contribution in [0.25, 0.3) is 0 Å². The average Bonchev–Trinajstić information content (AvgIpc) is 2.55. The molecule has 2 amide bonds.